The van der Waals surface area contributed by atoms with Gasteiger partial charge in [-0.2, -0.15) is 0 Å². The average molecular weight is 281 g/mol. The highest BCUT2D eigenvalue weighted by Crippen LogP contribution is 2.31. The Hall–Kier alpha value is -2.46. The molecule has 4 nitrogen and oxygen atoms in total. The van der Waals surface area contributed by atoms with Gasteiger partial charge in [-0.15, -0.1) is 0 Å². The van der Waals surface area contributed by atoms with Crippen LogP contribution >= 0.6 is 0 Å². The Balaban J connectivity index is 2.12. The van der Waals surface area contributed by atoms with Gasteiger partial charge in [0.25, 0.3) is 0 Å². The molecule has 0 fully saturated rings. The summed E-state index contributed by atoms with van der Waals surface area (Å²) in [5.74, 6) is -0.296. The molecule has 106 valence electrons. The molecule has 0 amide bonds. The Morgan fingerprint density at radius 2 is 1.57 bits per heavy atom. The zero-order valence-electron chi connectivity index (χ0n) is 11.6. The van der Waals surface area contributed by atoms with Gasteiger partial charge in [0.2, 0.25) is 0 Å². The molecule has 0 aliphatic heterocycles. The summed E-state index contributed by atoms with van der Waals surface area (Å²) in [6, 6.07) is 12.0. The summed E-state index contributed by atoms with van der Waals surface area (Å²) in [6.45, 7) is 1.98. The minimum Gasteiger partial charge on any atom is -0.392 e. The third-order valence-corrected chi connectivity index (χ3v) is 3.54. The highest BCUT2D eigenvalue weighted by Gasteiger charge is 2.31. The lowest BCUT2D eigenvalue weighted by molar-refractivity contribution is 0.0979. The number of benzene rings is 2. The Morgan fingerprint density at radius 3 is 2.24 bits per heavy atom. The van der Waals surface area contributed by atoms with Crippen LogP contribution in [-0.4, -0.2) is 29.3 Å². The molecule has 0 heterocycles. The van der Waals surface area contributed by atoms with E-state index in [1.54, 1.807) is 49.4 Å². The number of anilines is 1. The predicted octanol–water partition coefficient (Wildman–Crippen LogP) is 2.25. The van der Waals surface area contributed by atoms with E-state index in [-0.39, 0.29) is 11.6 Å². The minimum absolute atomic E-state index is 0.138. The van der Waals surface area contributed by atoms with Gasteiger partial charge >= 0.3 is 0 Å². The Morgan fingerprint density at radius 1 is 0.952 bits per heavy atom. The molecule has 1 aliphatic rings. The second-order valence-corrected chi connectivity index (χ2v) is 5.16. The van der Waals surface area contributed by atoms with Crippen LogP contribution in [0.1, 0.15) is 38.8 Å². The lowest BCUT2D eigenvalue weighted by atomic mass is 9.83. The smallest absolute Gasteiger partial charge is 0.196 e. The van der Waals surface area contributed by atoms with Crippen molar-refractivity contribution in [3.63, 3.8) is 0 Å². The van der Waals surface area contributed by atoms with Crippen LogP contribution < -0.4 is 5.32 Å². The second kappa shape index (κ2) is 5.14. The SMILES string of the molecule is CC(O)CNc1cccc2c1C(=O)c1ccccc1C2=O. The fourth-order valence-corrected chi connectivity index (χ4v) is 2.55. The molecule has 21 heavy (non-hydrogen) atoms. The van der Waals surface area contributed by atoms with Crippen LogP contribution in [0.3, 0.4) is 0 Å². The number of aliphatic hydroxyl groups is 1. The molecule has 0 bridgehead atoms. The maximum Gasteiger partial charge on any atom is 0.196 e. The molecule has 0 saturated carbocycles. The fraction of sp³-hybridized carbons (Fsp3) is 0.176. The van der Waals surface area contributed by atoms with Crippen molar-refractivity contribution >= 4 is 17.3 Å². The van der Waals surface area contributed by atoms with E-state index in [0.29, 0.717) is 34.5 Å². The first-order valence-corrected chi connectivity index (χ1v) is 6.83. The molecule has 1 atom stereocenters. The normalized spacial score (nSPS) is 14.4. The minimum atomic E-state index is -0.539. The van der Waals surface area contributed by atoms with Crippen molar-refractivity contribution < 1.29 is 14.7 Å². The average Bonchev–Trinajstić information content (AvgIpc) is 2.50. The van der Waals surface area contributed by atoms with Crippen LogP contribution in [0.4, 0.5) is 5.69 Å². The predicted molar refractivity (Wildman–Crippen MR) is 79.9 cm³/mol. The molecule has 1 unspecified atom stereocenters. The molecule has 4 heteroatoms. The first-order valence-electron chi connectivity index (χ1n) is 6.83. The van der Waals surface area contributed by atoms with Crippen molar-refractivity contribution in [3.8, 4) is 0 Å². The largest absolute Gasteiger partial charge is 0.392 e. The summed E-state index contributed by atoms with van der Waals surface area (Å²) in [5.41, 5.74) is 2.27. The molecule has 0 aromatic heterocycles. The first kappa shape index (κ1) is 13.5. The topological polar surface area (TPSA) is 66.4 Å². The molecule has 0 spiro atoms. The zero-order chi connectivity index (χ0) is 15.0. The molecular formula is C17H15NO3. The van der Waals surface area contributed by atoms with Crippen LogP contribution in [0.5, 0.6) is 0 Å². The Kier molecular flexibility index (Phi) is 3.31. The van der Waals surface area contributed by atoms with Gasteiger partial charge in [-0.1, -0.05) is 36.4 Å². The summed E-state index contributed by atoms with van der Waals surface area (Å²) < 4.78 is 0. The van der Waals surface area contributed by atoms with Crippen LogP contribution in [0.25, 0.3) is 0 Å². The van der Waals surface area contributed by atoms with Crippen molar-refractivity contribution in [2.45, 2.75) is 13.0 Å². The van der Waals surface area contributed by atoms with Crippen molar-refractivity contribution in [2.75, 3.05) is 11.9 Å². The number of ketones is 2. The number of nitrogens with one attached hydrogen (secondary N) is 1. The van der Waals surface area contributed by atoms with Gasteiger partial charge in [0.15, 0.2) is 11.6 Å². The quantitative estimate of drug-likeness (QED) is 0.772. The molecule has 2 N–H and O–H groups in total. The number of fused-ring (bicyclic) bond motifs is 2. The summed E-state index contributed by atoms with van der Waals surface area (Å²) in [7, 11) is 0. The third kappa shape index (κ3) is 2.23. The molecular weight excluding hydrogens is 266 g/mol. The van der Waals surface area contributed by atoms with E-state index in [9.17, 15) is 14.7 Å². The van der Waals surface area contributed by atoms with Gasteiger partial charge in [0.05, 0.1) is 11.7 Å². The van der Waals surface area contributed by atoms with E-state index in [1.165, 1.54) is 0 Å². The van der Waals surface area contributed by atoms with Crippen LogP contribution in [0.15, 0.2) is 42.5 Å². The zero-order valence-corrected chi connectivity index (χ0v) is 11.6. The summed E-state index contributed by atoms with van der Waals surface area (Å²) in [5, 5.41) is 12.4. The van der Waals surface area contributed by atoms with Gasteiger partial charge in [-0.25, -0.2) is 0 Å². The maximum absolute atomic E-state index is 12.7. The number of rotatable bonds is 3. The standard InChI is InChI=1S/C17H15NO3/c1-10(19)9-18-14-8-4-7-13-15(14)17(21)12-6-3-2-5-11(12)16(13)20/h2-8,10,18-19H,9H2,1H3. The fourth-order valence-electron chi connectivity index (χ4n) is 2.55. The van der Waals surface area contributed by atoms with E-state index in [4.69, 9.17) is 0 Å². The van der Waals surface area contributed by atoms with Gasteiger partial charge in [0.1, 0.15) is 0 Å². The summed E-state index contributed by atoms with van der Waals surface area (Å²) in [4.78, 5) is 25.2. The molecule has 1 aliphatic carbocycles. The van der Waals surface area contributed by atoms with Gasteiger partial charge in [0, 0.05) is 28.9 Å². The molecule has 0 saturated heterocycles. The highest BCUT2D eigenvalue weighted by atomic mass is 16.3. The summed E-state index contributed by atoms with van der Waals surface area (Å²) >= 11 is 0. The third-order valence-electron chi connectivity index (χ3n) is 3.54. The molecule has 3 rings (SSSR count). The van der Waals surface area contributed by atoms with E-state index in [2.05, 4.69) is 5.32 Å². The van der Waals surface area contributed by atoms with E-state index in [0.717, 1.165) is 0 Å². The molecule has 0 radical (unpaired) electrons. The number of aliphatic hydroxyl groups excluding tert-OH is 1. The van der Waals surface area contributed by atoms with Crippen molar-refractivity contribution in [3.05, 3.63) is 64.7 Å². The number of hydrogen-bond acceptors (Lipinski definition) is 4. The van der Waals surface area contributed by atoms with E-state index >= 15 is 0 Å². The van der Waals surface area contributed by atoms with Crippen LogP contribution in [0.2, 0.25) is 0 Å². The lowest BCUT2D eigenvalue weighted by Crippen LogP contribution is -2.24. The monoisotopic (exact) mass is 281 g/mol. The van der Waals surface area contributed by atoms with E-state index < -0.39 is 6.10 Å². The second-order valence-electron chi connectivity index (χ2n) is 5.16. The highest BCUT2D eigenvalue weighted by molar-refractivity contribution is 6.30. The van der Waals surface area contributed by atoms with Gasteiger partial charge in [-0.3, -0.25) is 9.59 Å². The van der Waals surface area contributed by atoms with Crippen LogP contribution in [0, 0.1) is 0 Å². The number of carbonyl (C=O) groups is 2. The van der Waals surface area contributed by atoms with Gasteiger partial charge < -0.3 is 10.4 Å². The van der Waals surface area contributed by atoms with E-state index in [1.807, 2.05) is 0 Å². The van der Waals surface area contributed by atoms with Crippen molar-refractivity contribution in [2.24, 2.45) is 0 Å². The number of hydrogen-bond donors (Lipinski definition) is 2. The van der Waals surface area contributed by atoms with Crippen molar-refractivity contribution in [1.29, 1.82) is 0 Å². The molecule has 2 aromatic carbocycles. The van der Waals surface area contributed by atoms with Crippen molar-refractivity contribution in [1.82, 2.24) is 0 Å². The van der Waals surface area contributed by atoms with Gasteiger partial charge in [-0.05, 0) is 13.0 Å². The number of carbonyl (C=O) groups excluding carboxylic acids is 2. The molecule has 2 aromatic rings. The Labute approximate surface area is 122 Å². The lowest BCUT2D eigenvalue weighted by Gasteiger charge is -2.21. The van der Waals surface area contributed by atoms with Crippen LogP contribution in [-0.2, 0) is 0 Å². The maximum atomic E-state index is 12.7. The first-order chi connectivity index (χ1) is 10.1. The Bertz CT molecular complexity index is 735. The summed E-state index contributed by atoms with van der Waals surface area (Å²) in [6.07, 6.45) is -0.539.